The quantitative estimate of drug-likeness (QED) is 0.198. The average molecular weight is 485 g/mol. The fourth-order valence-electron chi connectivity index (χ4n) is 3.07. The van der Waals surface area contributed by atoms with Gasteiger partial charge in [-0.15, -0.1) is 24.0 Å². The number of methoxy groups -OCH3 is 1. The van der Waals surface area contributed by atoms with Crippen LogP contribution in [0.15, 0.2) is 4.99 Å². The summed E-state index contributed by atoms with van der Waals surface area (Å²) in [5, 5.41) is 6.90. The van der Waals surface area contributed by atoms with Crippen molar-refractivity contribution in [3.8, 4) is 0 Å². The Morgan fingerprint density at radius 2 is 1.92 bits per heavy atom. The van der Waals surface area contributed by atoms with Crippen LogP contribution < -0.4 is 10.6 Å². The molecule has 1 saturated heterocycles. The van der Waals surface area contributed by atoms with E-state index in [2.05, 4.69) is 46.3 Å². The normalized spacial score (nSPS) is 17.3. The third kappa shape index (κ3) is 10.9. The lowest BCUT2D eigenvalue weighted by atomic mass is 10.0. The minimum absolute atomic E-state index is 0. The molecule has 1 heterocycles. The van der Waals surface area contributed by atoms with Crippen LogP contribution in [0.4, 0.5) is 0 Å². The molecule has 1 fully saturated rings. The maximum absolute atomic E-state index is 5.48. The second-order valence-corrected chi connectivity index (χ2v) is 6.99. The zero-order valence-electron chi connectivity index (χ0n) is 17.3. The number of hydrogen-bond donors (Lipinski definition) is 2. The van der Waals surface area contributed by atoms with Gasteiger partial charge in [0, 0.05) is 66.1 Å². The molecule has 156 valence electrons. The monoisotopic (exact) mass is 485 g/mol. The number of nitrogens with one attached hydrogen (secondary N) is 2. The molecular formula is C18H40IN5O2. The van der Waals surface area contributed by atoms with Crippen molar-refractivity contribution in [2.45, 2.75) is 26.3 Å². The van der Waals surface area contributed by atoms with Crippen molar-refractivity contribution in [2.75, 3.05) is 80.3 Å². The lowest BCUT2D eigenvalue weighted by Crippen LogP contribution is -2.53. The average Bonchev–Trinajstić information content (AvgIpc) is 2.61. The SMILES string of the molecule is CN=C(NCCN(C)CCCOC)NCC(C(C)C)N1CCOCC1.I. The highest BCUT2D eigenvalue weighted by molar-refractivity contribution is 14.0. The van der Waals surface area contributed by atoms with Gasteiger partial charge in [-0.3, -0.25) is 9.89 Å². The molecule has 1 unspecified atom stereocenters. The molecule has 0 saturated carbocycles. The van der Waals surface area contributed by atoms with E-state index in [1.165, 1.54) is 0 Å². The Balaban J connectivity index is 0.00000625. The molecule has 0 aromatic rings. The highest BCUT2D eigenvalue weighted by Gasteiger charge is 2.23. The molecule has 1 aliphatic heterocycles. The molecule has 2 N–H and O–H groups in total. The van der Waals surface area contributed by atoms with E-state index in [0.717, 1.165) is 71.5 Å². The molecule has 1 aliphatic rings. The third-order valence-corrected chi connectivity index (χ3v) is 4.66. The number of morpholine rings is 1. The lowest BCUT2D eigenvalue weighted by molar-refractivity contribution is 0.00752. The van der Waals surface area contributed by atoms with E-state index in [4.69, 9.17) is 9.47 Å². The molecule has 0 bridgehead atoms. The first-order chi connectivity index (χ1) is 12.1. The number of hydrogen-bond acceptors (Lipinski definition) is 5. The van der Waals surface area contributed by atoms with Gasteiger partial charge < -0.3 is 25.0 Å². The van der Waals surface area contributed by atoms with Crippen molar-refractivity contribution in [2.24, 2.45) is 10.9 Å². The Morgan fingerprint density at radius 1 is 1.23 bits per heavy atom. The number of aliphatic imine (C=N–C) groups is 1. The van der Waals surface area contributed by atoms with E-state index in [1.807, 2.05) is 7.05 Å². The van der Waals surface area contributed by atoms with Crippen LogP contribution in [-0.2, 0) is 9.47 Å². The number of halogens is 1. The zero-order valence-corrected chi connectivity index (χ0v) is 19.6. The van der Waals surface area contributed by atoms with E-state index < -0.39 is 0 Å². The first-order valence-electron chi connectivity index (χ1n) is 9.52. The standard InChI is InChI=1S/C18H39N5O2.HI/c1-16(2)17(23-10-13-25-14-11-23)15-21-18(19-3)20-7-9-22(4)8-6-12-24-5;/h16-17H,6-15H2,1-5H3,(H2,19,20,21);1H. The van der Waals surface area contributed by atoms with Crippen LogP contribution in [0.3, 0.4) is 0 Å². The maximum atomic E-state index is 5.48. The maximum Gasteiger partial charge on any atom is 0.191 e. The van der Waals surface area contributed by atoms with Gasteiger partial charge >= 0.3 is 0 Å². The summed E-state index contributed by atoms with van der Waals surface area (Å²) < 4.78 is 10.6. The molecule has 1 rings (SSSR count). The molecule has 0 aliphatic carbocycles. The van der Waals surface area contributed by atoms with Gasteiger partial charge in [0.15, 0.2) is 5.96 Å². The van der Waals surface area contributed by atoms with Crippen molar-refractivity contribution >= 4 is 29.9 Å². The summed E-state index contributed by atoms with van der Waals surface area (Å²) in [5.74, 6) is 1.47. The van der Waals surface area contributed by atoms with Gasteiger partial charge in [-0.25, -0.2) is 0 Å². The molecule has 7 nitrogen and oxygen atoms in total. The van der Waals surface area contributed by atoms with Crippen LogP contribution in [0.1, 0.15) is 20.3 Å². The van der Waals surface area contributed by atoms with E-state index in [-0.39, 0.29) is 24.0 Å². The first kappa shape index (κ1) is 25.8. The Bertz CT molecular complexity index is 365. The van der Waals surface area contributed by atoms with Gasteiger partial charge in [0.05, 0.1) is 13.2 Å². The van der Waals surface area contributed by atoms with Gasteiger partial charge in [0.25, 0.3) is 0 Å². The van der Waals surface area contributed by atoms with Crippen LogP contribution in [0, 0.1) is 5.92 Å². The van der Waals surface area contributed by atoms with Crippen LogP contribution >= 0.6 is 24.0 Å². The van der Waals surface area contributed by atoms with Crippen LogP contribution in [0.25, 0.3) is 0 Å². The lowest BCUT2D eigenvalue weighted by Gasteiger charge is -2.37. The van der Waals surface area contributed by atoms with Crippen LogP contribution in [-0.4, -0.2) is 102 Å². The highest BCUT2D eigenvalue weighted by Crippen LogP contribution is 2.12. The van der Waals surface area contributed by atoms with Crippen LogP contribution in [0.2, 0.25) is 0 Å². The fraction of sp³-hybridized carbons (Fsp3) is 0.944. The van der Waals surface area contributed by atoms with E-state index in [0.29, 0.717) is 12.0 Å². The van der Waals surface area contributed by atoms with E-state index in [9.17, 15) is 0 Å². The zero-order chi connectivity index (χ0) is 18.5. The number of nitrogens with zero attached hydrogens (tertiary/aromatic N) is 3. The van der Waals surface area contributed by atoms with Gasteiger partial charge in [-0.2, -0.15) is 0 Å². The van der Waals surface area contributed by atoms with Gasteiger partial charge in [-0.1, -0.05) is 13.8 Å². The number of guanidine groups is 1. The molecule has 26 heavy (non-hydrogen) atoms. The van der Waals surface area contributed by atoms with E-state index in [1.54, 1.807) is 7.11 Å². The molecule has 0 aromatic carbocycles. The van der Waals surface area contributed by atoms with Gasteiger partial charge in [0.1, 0.15) is 0 Å². The van der Waals surface area contributed by atoms with Gasteiger partial charge in [-0.05, 0) is 19.4 Å². The predicted molar refractivity (Wildman–Crippen MR) is 120 cm³/mol. The predicted octanol–water partition coefficient (Wildman–Crippen LogP) is 1.09. The van der Waals surface area contributed by atoms with Crippen molar-refractivity contribution in [1.82, 2.24) is 20.4 Å². The summed E-state index contributed by atoms with van der Waals surface area (Å²) in [6, 6.07) is 0.499. The summed E-state index contributed by atoms with van der Waals surface area (Å²) in [6.07, 6.45) is 1.07. The van der Waals surface area contributed by atoms with Crippen molar-refractivity contribution < 1.29 is 9.47 Å². The summed E-state index contributed by atoms with van der Waals surface area (Å²) in [6.45, 7) is 12.9. The summed E-state index contributed by atoms with van der Waals surface area (Å²) in [7, 11) is 5.72. The molecule has 0 radical (unpaired) electrons. The largest absolute Gasteiger partial charge is 0.385 e. The molecule has 8 heteroatoms. The Kier molecular flexibility index (Phi) is 15.8. The minimum atomic E-state index is 0. The molecule has 0 spiro atoms. The number of ether oxygens (including phenoxy) is 2. The van der Waals surface area contributed by atoms with E-state index >= 15 is 0 Å². The molecular weight excluding hydrogens is 445 g/mol. The smallest absolute Gasteiger partial charge is 0.191 e. The number of rotatable bonds is 11. The second kappa shape index (κ2) is 15.9. The molecule has 0 aromatic heterocycles. The molecule has 1 atom stereocenters. The van der Waals surface area contributed by atoms with Crippen molar-refractivity contribution in [3.63, 3.8) is 0 Å². The summed E-state index contributed by atoms with van der Waals surface area (Å²) in [5.41, 5.74) is 0. The second-order valence-electron chi connectivity index (χ2n) is 6.99. The van der Waals surface area contributed by atoms with Crippen molar-refractivity contribution in [3.05, 3.63) is 0 Å². The number of likely N-dealkylation sites (N-methyl/N-ethyl adjacent to an activating group) is 1. The summed E-state index contributed by atoms with van der Waals surface area (Å²) >= 11 is 0. The first-order valence-corrected chi connectivity index (χ1v) is 9.52. The molecule has 0 amide bonds. The Labute approximate surface area is 177 Å². The topological polar surface area (TPSA) is 61.4 Å². The summed E-state index contributed by atoms with van der Waals surface area (Å²) in [4.78, 5) is 9.18. The fourth-order valence-corrected chi connectivity index (χ4v) is 3.07. The highest BCUT2D eigenvalue weighted by atomic mass is 127. The van der Waals surface area contributed by atoms with Crippen LogP contribution in [0.5, 0.6) is 0 Å². The van der Waals surface area contributed by atoms with Crippen molar-refractivity contribution in [1.29, 1.82) is 0 Å². The van der Waals surface area contributed by atoms with Gasteiger partial charge in [0.2, 0.25) is 0 Å². The third-order valence-electron chi connectivity index (χ3n) is 4.66. The Hall–Kier alpha value is -0.160. The Morgan fingerprint density at radius 3 is 2.50 bits per heavy atom. The minimum Gasteiger partial charge on any atom is -0.385 e.